The standard InChI is InChI=1S/C6H9NO2S2/c7-5(6(8)9)4-1-10-3-11-2-4/h1,5H,2-3,7H2,(H,8,9)/t5-/m1/s1. The molecule has 0 fully saturated rings. The topological polar surface area (TPSA) is 63.3 Å². The average Bonchev–Trinajstić information content (AvgIpc) is 2.05. The molecule has 0 spiro atoms. The first-order valence-corrected chi connectivity index (χ1v) is 5.29. The predicted octanol–water partition coefficient (Wildman–Crippen LogP) is 0.720. The van der Waals surface area contributed by atoms with Crippen LogP contribution in [-0.2, 0) is 4.79 Å². The van der Waals surface area contributed by atoms with Crippen molar-refractivity contribution in [2.75, 3.05) is 10.8 Å². The van der Waals surface area contributed by atoms with Crippen LogP contribution in [-0.4, -0.2) is 28.0 Å². The van der Waals surface area contributed by atoms with Gasteiger partial charge in [0.05, 0.1) is 0 Å². The third kappa shape index (κ3) is 2.43. The molecule has 0 bridgehead atoms. The predicted molar refractivity (Wildman–Crippen MR) is 48.6 cm³/mol. The molecule has 1 aliphatic rings. The van der Waals surface area contributed by atoms with Crippen LogP contribution in [0.4, 0.5) is 0 Å². The van der Waals surface area contributed by atoms with Crippen LogP contribution in [0.25, 0.3) is 0 Å². The fraction of sp³-hybridized carbons (Fsp3) is 0.500. The molecule has 5 heteroatoms. The van der Waals surface area contributed by atoms with E-state index in [1.54, 1.807) is 23.5 Å². The fourth-order valence-corrected chi connectivity index (χ4v) is 2.74. The zero-order chi connectivity index (χ0) is 8.27. The highest BCUT2D eigenvalue weighted by Gasteiger charge is 2.18. The molecule has 0 aromatic carbocycles. The van der Waals surface area contributed by atoms with E-state index in [9.17, 15) is 4.79 Å². The molecule has 0 aromatic heterocycles. The van der Waals surface area contributed by atoms with E-state index in [0.29, 0.717) is 0 Å². The third-order valence-corrected chi connectivity index (χ3v) is 3.54. The Morgan fingerprint density at radius 1 is 1.82 bits per heavy atom. The molecule has 1 rings (SSSR count). The minimum Gasteiger partial charge on any atom is -0.480 e. The monoisotopic (exact) mass is 191 g/mol. The number of rotatable bonds is 2. The van der Waals surface area contributed by atoms with Crippen LogP contribution in [0.5, 0.6) is 0 Å². The molecule has 3 nitrogen and oxygen atoms in total. The van der Waals surface area contributed by atoms with E-state index in [2.05, 4.69) is 0 Å². The van der Waals surface area contributed by atoms with Crippen molar-refractivity contribution >= 4 is 29.5 Å². The first-order valence-electron chi connectivity index (χ1n) is 3.08. The van der Waals surface area contributed by atoms with Crippen molar-refractivity contribution in [2.45, 2.75) is 6.04 Å². The number of carboxylic acids is 1. The molecule has 1 atom stereocenters. The van der Waals surface area contributed by atoms with Gasteiger partial charge in [-0.25, -0.2) is 0 Å². The summed E-state index contributed by atoms with van der Waals surface area (Å²) in [5.74, 6) is -0.195. The Bertz CT molecular complexity index is 193. The van der Waals surface area contributed by atoms with Crippen LogP contribution < -0.4 is 5.73 Å². The van der Waals surface area contributed by atoms with Crippen LogP contribution in [0.1, 0.15) is 0 Å². The van der Waals surface area contributed by atoms with Crippen molar-refractivity contribution in [3.05, 3.63) is 11.0 Å². The first kappa shape index (κ1) is 8.96. The maximum absolute atomic E-state index is 10.4. The molecule has 1 aliphatic heterocycles. The largest absolute Gasteiger partial charge is 0.480 e. The highest BCUT2D eigenvalue weighted by molar-refractivity contribution is 8.18. The molecule has 0 saturated heterocycles. The summed E-state index contributed by atoms with van der Waals surface area (Å²) in [5.41, 5.74) is 6.22. The van der Waals surface area contributed by atoms with Crippen molar-refractivity contribution in [2.24, 2.45) is 5.73 Å². The van der Waals surface area contributed by atoms with Gasteiger partial charge in [0, 0.05) is 10.8 Å². The second-order valence-corrected chi connectivity index (χ2v) is 4.35. The van der Waals surface area contributed by atoms with Crippen LogP contribution in [0.2, 0.25) is 0 Å². The van der Waals surface area contributed by atoms with E-state index in [4.69, 9.17) is 10.8 Å². The van der Waals surface area contributed by atoms with Crippen molar-refractivity contribution in [1.29, 1.82) is 0 Å². The molecule has 11 heavy (non-hydrogen) atoms. The summed E-state index contributed by atoms with van der Waals surface area (Å²) in [6, 6.07) is -0.810. The van der Waals surface area contributed by atoms with Gasteiger partial charge in [-0.1, -0.05) is 0 Å². The van der Waals surface area contributed by atoms with E-state index in [1.807, 2.05) is 5.41 Å². The van der Waals surface area contributed by atoms with Gasteiger partial charge in [0.15, 0.2) is 0 Å². The molecular weight excluding hydrogens is 182 g/mol. The van der Waals surface area contributed by atoms with Crippen molar-refractivity contribution in [1.82, 2.24) is 0 Å². The quantitative estimate of drug-likeness (QED) is 0.673. The summed E-state index contributed by atoms with van der Waals surface area (Å²) < 4.78 is 0. The Balaban J connectivity index is 2.58. The van der Waals surface area contributed by atoms with Gasteiger partial charge in [0.2, 0.25) is 0 Å². The maximum Gasteiger partial charge on any atom is 0.324 e. The van der Waals surface area contributed by atoms with Gasteiger partial charge in [-0.2, -0.15) is 0 Å². The van der Waals surface area contributed by atoms with Crippen LogP contribution in [0.15, 0.2) is 11.0 Å². The lowest BCUT2D eigenvalue weighted by Crippen LogP contribution is -2.33. The minimum absolute atomic E-state index is 0.750. The molecule has 0 aromatic rings. The van der Waals surface area contributed by atoms with Gasteiger partial charge in [-0.05, 0) is 11.0 Å². The summed E-state index contributed by atoms with van der Waals surface area (Å²) in [7, 11) is 0. The number of hydrogen-bond acceptors (Lipinski definition) is 4. The van der Waals surface area contributed by atoms with E-state index in [1.165, 1.54) is 0 Å². The Morgan fingerprint density at radius 3 is 3.00 bits per heavy atom. The van der Waals surface area contributed by atoms with Gasteiger partial charge in [-0.3, -0.25) is 4.79 Å². The fourth-order valence-electron chi connectivity index (χ4n) is 0.704. The number of nitrogens with two attached hydrogens (primary N) is 1. The SMILES string of the molecule is N[C@@H](C(=O)O)C1=CSCSC1. The van der Waals surface area contributed by atoms with E-state index < -0.39 is 12.0 Å². The van der Waals surface area contributed by atoms with Crippen molar-refractivity contribution in [3.63, 3.8) is 0 Å². The molecule has 0 radical (unpaired) electrons. The van der Waals surface area contributed by atoms with E-state index >= 15 is 0 Å². The lowest BCUT2D eigenvalue weighted by Gasteiger charge is -2.14. The molecular formula is C6H9NO2S2. The summed E-state index contributed by atoms with van der Waals surface area (Å²) >= 11 is 3.31. The average molecular weight is 191 g/mol. The van der Waals surface area contributed by atoms with Crippen LogP contribution in [0.3, 0.4) is 0 Å². The summed E-state index contributed by atoms with van der Waals surface area (Å²) in [6.07, 6.45) is 0. The number of aliphatic carboxylic acids is 1. The zero-order valence-electron chi connectivity index (χ0n) is 5.82. The van der Waals surface area contributed by atoms with Crippen molar-refractivity contribution < 1.29 is 9.90 Å². The number of carboxylic acid groups (broad SMARTS) is 1. The number of hydrogen-bond donors (Lipinski definition) is 2. The van der Waals surface area contributed by atoms with Crippen LogP contribution in [0, 0.1) is 0 Å². The second-order valence-electron chi connectivity index (χ2n) is 2.14. The maximum atomic E-state index is 10.4. The highest BCUT2D eigenvalue weighted by Crippen LogP contribution is 2.25. The Kier molecular flexibility index (Phi) is 3.29. The highest BCUT2D eigenvalue weighted by atomic mass is 32.2. The van der Waals surface area contributed by atoms with Gasteiger partial charge in [0.25, 0.3) is 0 Å². The first-order chi connectivity index (χ1) is 5.22. The minimum atomic E-state index is -0.945. The smallest absolute Gasteiger partial charge is 0.324 e. The molecule has 3 N–H and O–H groups in total. The van der Waals surface area contributed by atoms with Crippen molar-refractivity contribution in [3.8, 4) is 0 Å². The summed E-state index contributed by atoms with van der Waals surface area (Å²) in [6.45, 7) is 0. The number of carbonyl (C=O) groups is 1. The molecule has 0 amide bonds. The summed E-state index contributed by atoms with van der Waals surface area (Å²) in [4.78, 5) is 10.4. The third-order valence-electron chi connectivity index (χ3n) is 1.32. The van der Waals surface area contributed by atoms with Gasteiger partial charge < -0.3 is 10.8 Å². The normalized spacial score (nSPS) is 20.6. The Hall–Kier alpha value is -0.130. The van der Waals surface area contributed by atoms with Gasteiger partial charge >= 0.3 is 5.97 Å². The molecule has 0 unspecified atom stereocenters. The molecule has 0 saturated carbocycles. The van der Waals surface area contributed by atoms with E-state index in [0.717, 1.165) is 16.4 Å². The molecule has 0 aliphatic carbocycles. The Morgan fingerprint density at radius 2 is 2.55 bits per heavy atom. The number of thioether (sulfide) groups is 2. The van der Waals surface area contributed by atoms with E-state index in [-0.39, 0.29) is 0 Å². The van der Waals surface area contributed by atoms with Gasteiger partial charge in [0.1, 0.15) is 6.04 Å². The Labute approximate surface area is 73.4 Å². The molecule has 62 valence electrons. The molecule has 1 heterocycles. The lowest BCUT2D eigenvalue weighted by atomic mass is 10.2. The van der Waals surface area contributed by atoms with Crippen LogP contribution >= 0.6 is 23.5 Å². The van der Waals surface area contributed by atoms with Gasteiger partial charge in [-0.15, -0.1) is 23.5 Å². The second kappa shape index (κ2) is 4.04. The zero-order valence-corrected chi connectivity index (χ0v) is 7.45. The lowest BCUT2D eigenvalue weighted by molar-refractivity contribution is -0.137. The summed E-state index contributed by atoms with van der Waals surface area (Å²) in [5, 5.41) is 11.4.